The topological polar surface area (TPSA) is 0 Å². The lowest BCUT2D eigenvalue weighted by Gasteiger charge is -2.11. The second-order valence-corrected chi connectivity index (χ2v) is 6.69. The van der Waals surface area contributed by atoms with Crippen LogP contribution in [0.15, 0.2) is 12.2 Å². The number of hydrogen-bond donors (Lipinski definition) is 0. The van der Waals surface area contributed by atoms with Crippen LogP contribution >= 0.6 is 0 Å². The largest absolute Gasteiger partial charge is 0.0885 e. The summed E-state index contributed by atoms with van der Waals surface area (Å²) in [5, 5.41) is 0. The van der Waals surface area contributed by atoms with Gasteiger partial charge in [0, 0.05) is 0 Å². The van der Waals surface area contributed by atoms with Crippen LogP contribution in [0.5, 0.6) is 0 Å². The fourth-order valence-electron chi connectivity index (χ4n) is 2.92. The fraction of sp³-hybridized carbons (Fsp3) is 0.810. The minimum atomic E-state index is 0.944. The molecular formula is C21H40. The molecule has 0 aliphatic heterocycles. The van der Waals surface area contributed by atoms with Crippen molar-refractivity contribution in [1.29, 1.82) is 0 Å². The average Bonchev–Trinajstić information content (AvgIpc) is 2.49. The van der Waals surface area contributed by atoms with Crippen LogP contribution < -0.4 is 0 Å². The Morgan fingerprint density at radius 2 is 1.19 bits per heavy atom. The van der Waals surface area contributed by atoms with E-state index in [9.17, 15) is 0 Å². The van der Waals surface area contributed by atoms with Crippen molar-refractivity contribution in [3.8, 4) is 0 Å². The maximum atomic E-state index is 3.90. The van der Waals surface area contributed by atoms with Crippen molar-refractivity contribution in [2.45, 2.75) is 103 Å². The van der Waals surface area contributed by atoms with Gasteiger partial charge >= 0.3 is 0 Å². The van der Waals surface area contributed by atoms with Gasteiger partial charge in [-0.25, -0.2) is 0 Å². The van der Waals surface area contributed by atoms with E-state index < -0.39 is 0 Å². The molecule has 0 saturated carbocycles. The first kappa shape index (κ1) is 20.7. The molecule has 21 heavy (non-hydrogen) atoms. The van der Waals surface area contributed by atoms with E-state index in [0.717, 1.165) is 12.3 Å². The molecular weight excluding hydrogens is 252 g/mol. The molecule has 0 amide bonds. The molecule has 0 heterocycles. The van der Waals surface area contributed by atoms with Crippen LogP contribution in [0.3, 0.4) is 0 Å². The summed E-state index contributed by atoms with van der Waals surface area (Å²) in [5.74, 6) is 0.944. The van der Waals surface area contributed by atoms with Gasteiger partial charge in [-0.1, -0.05) is 109 Å². The molecule has 1 unspecified atom stereocenters. The van der Waals surface area contributed by atoms with Crippen molar-refractivity contribution in [2.24, 2.45) is 5.92 Å². The third-order valence-electron chi connectivity index (χ3n) is 4.43. The van der Waals surface area contributed by atoms with Gasteiger partial charge in [0.15, 0.2) is 0 Å². The molecule has 0 fully saturated rings. The van der Waals surface area contributed by atoms with E-state index in [4.69, 9.17) is 0 Å². The Bertz CT molecular complexity index is 204. The van der Waals surface area contributed by atoms with Crippen molar-refractivity contribution in [3.63, 3.8) is 0 Å². The third kappa shape index (κ3) is 17.7. The van der Waals surface area contributed by atoms with Crippen molar-refractivity contribution < 1.29 is 0 Å². The van der Waals surface area contributed by atoms with Crippen LogP contribution in [0, 0.1) is 19.8 Å². The summed E-state index contributed by atoms with van der Waals surface area (Å²) in [5.41, 5.74) is 0. The van der Waals surface area contributed by atoms with E-state index in [1.165, 1.54) is 89.9 Å². The van der Waals surface area contributed by atoms with Crippen molar-refractivity contribution in [1.82, 2.24) is 0 Å². The maximum absolute atomic E-state index is 3.90. The second-order valence-electron chi connectivity index (χ2n) is 6.69. The van der Waals surface area contributed by atoms with Gasteiger partial charge in [-0.3, -0.25) is 0 Å². The Kier molecular flexibility index (Phi) is 17.6. The minimum absolute atomic E-state index is 0.944. The summed E-state index contributed by atoms with van der Waals surface area (Å²) in [6.45, 7) is 10.1. The quantitative estimate of drug-likeness (QED) is 0.256. The Labute approximate surface area is 135 Å². The molecule has 0 nitrogen and oxygen atoms in total. The van der Waals surface area contributed by atoms with E-state index in [1.807, 2.05) is 6.08 Å². The first-order chi connectivity index (χ1) is 10.3. The molecule has 0 bridgehead atoms. The predicted molar refractivity (Wildman–Crippen MR) is 98.3 cm³/mol. The maximum Gasteiger partial charge on any atom is -0.0316 e. The van der Waals surface area contributed by atoms with E-state index in [-0.39, 0.29) is 0 Å². The van der Waals surface area contributed by atoms with E-state index in [1.54, 1.807) is 0 Å². The molecule has 2 radical (unpaired) electrons. The molecule has 0 heteroatoms. The summed E-state index contributed by atoms with van der Waals surface area (Å²) < 4.78 is 0. The summed E-state index contributed by atoms with van der Waals surface area (Å²) in [7, 11) is 0. The summed E-state index contributed by atoms with van der Waals surface area (Å²) >= 11 is 0. The molecule has 0 N–H and O–H groups in total. The fourth-order valence-corrected chi connectivity index (χ4v) is 2.92. The van der Waals surface area contributed by atoms with Crippen LogP contribution in [0.1, 0.15) is 103 Å². The highest BCUT2D eigenvalue weighted by Gasteiger charge is 2.02. The zero-order valence-corrected chi connectivity index (χ0v) is 14.8. The monoisotopic (exact) mass is 292 g/mol. The summed E-state index contributed by atoms with van der Waals surface area (Å²) in [6.07, 6.45) is 24.8. The first-order valence-corrected chi connectivity index (χ1v) is 9.54. The predicted octanol–water partition coefficient (Wildman–Crippen LogP) is 7.70. The number of allylic oxidation sites excluding steroid dienone is 2. The minimum Gasteiger partial charge on any atom is -0.0885 e. The smallest absolute Gasteiger partial charge is 0.0316 e. The van der Waals surface area contributed by atoms with E-state index in [2.05, 4.69) is 26.8 Å². The van der Waals surface area contributed by atoms with E-state index >= 15 is 0 Å². The molecule has 0 aliphatic rings. The number of rotatable bonds is 16. The Morgan fingerprint density at radius 1 is 0.714 bits per heavy atom. The first-order valence-electron chi connectivity index (χ1n) is 9.54. The highest BCUT2D eigenvalue weighted by Crippen LogP contribution is 2.18. The van der Waals surface area contributed by atoms with Gasteiger partial charge in [-0.15, -0.1) is 0 Å². The third-order valence-corrected chi connectivity index (χ3v) is 4.43. The van der Waals surface area contributed by atoms with Gasteiger partial charge in [0.1, 0.15) is 0 Å². The highest BCUT2D eigenvalue weighted by atomic mass is 14.1. The van der Waals surface area contributed by atoms with Gasteiger partial charge < -0.3 is 0 Å². The average molecular weight is 293 g/mol. The molecule has 0 saturated heterocycles. The van der Waals surface area contributed by atoms with Crippen LogP contribution in [0.25, 0.3) is 0 Å². The Hall–Kier alpha value is -0.260. The van der Waals surface area contributed by atoms with Gasteiger partial charge in [0.2, 0.25) is 0 Å². The standard InChI is InChI=1S/C21H40/c1-4-6-8-10-12-13-14-16-18-20-21(3)19-17-15-11-9-7-5-2/h4,6,21H,1-2,5,7-20H2,3H3/b6-4+. The zero-order valence-electron chi connectivity index (χ0n) is 14.8. The molecule has 0 aromatic rings. The van der Waals surface area contributed by atoms with Crippen LogP contribution in [-0.2, 0) is 0 Å². The molecule has 0 aromatic carbocycles. The molecule has 0 rings (SSSR count). The molecule has 124 valence electrons. The molecule has 0 aliphatic carbocycles. The molecule has 1 atom stereocenters. The van der Waals surface area contributed by atoms with Crippen molar-refractivity contribution in [2.75, 3.05) is 0 Å². The van der Waals surface area contributed by atoms with Gasteiger partial charge in [0.25, 0.3) is 0 Å². The van der Waals surface area contributed by atoms with Crippen LogP contribution in [-0.4, -0.2) is 0 Å². The normalized spacial score (nSPS) is 13.1. The summed E-state index contributed by atoms with van der Waals surface area (Å²) in [4.78, 5) is 0. The van der Waals surface area contributed by atoms with Gasteiger partial charge in [0.05, 0.1) is 0 Å². The molecule has 0 spiro atoms. The molecule has 0 aromatic heterocycles. The number of unbranched alkanes of at least 4 members (excludes halogenated alkanes) is 11. The Morgan fingerprint density at radius 3 is 1.71 bits per heavy atom. The van der Waals surface area contributed by atoms with Crippen LogP contribution in [0.2, 0.25) is 0 Å². The Balaban J connectivity index is 3.13. The lowest BCUT2D eigenvalue weighted by atomic mass is 9.96. The summed E-state index contributed by atoms with van der Waals surface area (Å²) in [6, 6.07) is 0. The van der Waals surface area contributed by atoms with Crippen LogP contribution in [0.4, 0.5) is 0 Å². The van der Waals surface area contributed by atoms with Gasteiger partial charge in [-0.2, -0.15) is 0 Å². The van der Waals surface area contributed by atoms with E-state index in [0.29, 0.717) is 0 Å². The van der Waals surface area contributed by atoms with Crippen molar-refractivity contribution >= 4 is 0 Å². The second kappa shape index (κ2) is 17.8. The zero-order chi connectivity index (χ0) is 15.6. The van der Waals surface area contributed by atoms with Gasteiger partial charge in [-0.05, 0) is 25.7 Å². The SMILES string of the molecule is [CH2]/C=C/CCCCCCCCC(C)CCCCCCC[CH2]. The highest BCUT2D eigenvalue weighted by molar-refractivity contribution is 4.83. The van der Waals surface area contributed by atoms with Crippen molar-refractivity contribution in [3.05, 3.63) is 26.0 Å². The number of hydrogen-bond acceptors (Lipinski definition) is 0. The lowest BCUT2D eigenvalue weighted by Crippen LogP contribution is -1.95. The lowest BCUT2D eigenvalue weighted by molar-refractivity contribution is 0.431.